The van der Waals surface area contributed by atoms with Crippen LogP contribution < -0.4 is 5.73 Å². The van der Waals surface area contributed by atoms with Gasteiger partial charge in [-0.05, 0) is 24.6 Å². The van der Waals surface area contributed by atoms with Crippen molar-refractivity contribution in [1.82, 2.24) is 4.31 Å². The van der Waals surface area contributed by atoms with Gasteiger partial charge in [0.15, 0.2) is 0 Å². The molecule has 1 fully saturated rings. The summed E-state index contributed by atoms with van der Waals surface area (Å²) in [6.07, 6.45) is 0.386. The fourth-order valence-corrected chi connectivity index (χ4v) is 3.75. The van der Waals surface area contributed by atoms with Crippen molar-refractivity contribution in [1.29, 1.82) is 0 Å². The molecule has 1 aliphatic rings. The van der Waals surface area contributed by atoms with Crippen molar-refractivity contribution < 1.29 is 22.3 Å². The molecule has 2 rings (SSSR count). The first-order chi connectivity index (χ1) is 9.34. The molecule has 0 saturated carbocycles. The highest BCUT2D eigenvalue weighted by atomic mass is 32.2. The van der Waals surface area contributed by atoms with Crippen molar-refractivity contribution in [3.05, 3.63) is 24.0 Å². The zero-order valence-electron chi connectivity index (χ0n) is 10.9. The second-order valence-corrected chi connectivity index (χ2v) is 6.53. The van der Waals surface area contributed by atoms with Gasteiger partial charge in [-0.3, -0.25) is 4.79 Å². The van der Waals surface area contributed by atoms with Crippen LogP contribution in [0.3, 0.4) is 0 Å². The number of carbonyl (C=O) groups is 1. The van der Waals surface area contributed by atoms with Crippen molar-refractivity contribution >= 4 is 21.7 Å². The summed E-state index contributed by atoms with van der Waals surface area (Å²) in [5.74, 6) is -1.64. The Bertz CT molecular complexity index is 612. The minimum Gasteiger partial charge on any atom is -0.469 e. The number of carbonyl (C=O) groups excluding carboxylic acids is 1. The van der Waals surface area contributed by atoms with Crippen LogP contribution in [0.25, 0.3) is 0 Å². The Morgan fingerprint density at radius 3 is 2.75 bits per heavy atom. The average molecular weight is 302 g/mol. The highest BCUT2D eigenvalue weighted by Crippen LogP contribution is 2.26. The number of halogens is 1. The number of ether oxygens (including phenoxy) is 1. The van der Waals surface area contributed by atoms with E-state index in [4.69, 9.17) is 5.73 Å². The highest BCUT2D eigenvalue weighted by Gasteiger charge is 2.36. The van der Waals surface area contributed by atoms with E-state index in [9.17, 15) is 17.6 Å². The van der Waals surface area contributed by atoms with Gasteiger partial charge in [-0.2, -0.15) is 4.31 Å². The fourth-order valence-electron chi connectivity index (χ4n) is 2.19. The Balaban J connectivity index is 2.26. The second-order valence-electron chi connectivity index (χ2n) is 4.59. The lowest BCUT2D eigenvalue weighted by Gasteiger charge is -2.16. The third-order valence-corrected chi connectivity index (χ3v) is 5.06. The van der Waals surface area contributed by atoms with Gasteiger partial charge in [0.05, 0.1) is 17.9 Å². The average Bonchev–Trinajstić information content (AvgIpc) is 2.86. The van der Waals surface area contributed by atoms with Crippen molar-refractivity contribution in [2.45, 2.75) is 11.3 Å². The van der Waals surface area contributed by atoms with Crippen LogP contribution in [0.15, 0.2) is 23.1 Å². The topological polar surface area (TPSA) is 89.7 Å². The van der Waals surface area contributed by atoms with E-state index in [1.54, 1.807) is 0 Å². The fraction of sp³-hybridized carbons (Fsp3) is 0.417. The molecule has 8 heteroatoms. The second kappa shape index (κ2) is 5.37. The molecular formula is C12H15FN2O4S. The standard InChI is InChI=1S/C12H15FN2O4S/c1-19-12(16)8-2-3-15(7-8)20(17,18)11-5-9(13)4-10(14)6-11/h4-6,8H,2-3,7,14H2,1H3. The Morgan fingerprint density at radius 2 is 2.15 bits per heavy atom. The van der Waals surface area contributed by atoms with E-state index in [0.29, 0.717) is 6.42 Å². The summed E-state index contributed by atoms with van der Waals surface area (Å²) in [7, 11) is -2.60. The molecule has 1 saturated heterocycles. The van der Waals surface area contributed by atoms with E-state index < -0.39 is 27.7 Å². The quantitative estimate of drug-likeness (QED) is 0.652. The molecule has 1 atom stereocenters. The number of esters is 1. The number of nitrogens with two attached hydrogens (primary N) is 1. The lowest BCUT2D eigenvalue weighted by atomic mass is 10.1. The Hall–Kier alpha value is -1.67. The van der Waals surface area contributed by atoms with Crippen LogP contribution in [0.4, 0.5) is 10.1 Å². The maximum Gasteiger partial charge on any atom is 0.310 e. The van der Waals surface area contributed by atoms with Gasteiger partial charge in [0.1, 0.15) is 5.82 Å². The van der Waals surface area contributed by atoms with E-state index in [0.717, 1.165) is 16.4 Å². The number of nitrogens with zero attached hydrogens (tertiary/aromatic N) is 1. The number of nitrogen functional groups attached to an aromatic ring is 1. The monoisotopic (exact) mass is 302 g/mol. The molecular weight excluding hydrogens is 287 g/mol. The van der Waals surface area contributed by atoms with Crippen LogP contribution in [0.2, 0.25) is 0 Å². The Kier molecular flexibility index (Phi) is 3.96. The number of benzene rings is 1. The van der Waals surface area contributed by atoms with Gasteiger partial charge in [0.2, 0.25) is 10.0 Å². The number of sulfonamides is 1. The number of anilines is 1. The van der Waals surface area contributed by atoms with Crippen molar-refractivity contribution in [3.8, 4) is 0 Å². The molecule has 1 aromatic rings. The van der Waals surface area contributed by atoms with Crippen LogP contribution in [0, 0.1) is 11.7 Å². The van der Waals surface area contributed by atoms with E-state index in [2.05, 4.69) is 4.74 Å². The molecule has 6 nitrogen and oxygen atoms in total. The van der Waals surface area contributed by atoms with E-state index in [1.807, 2.05) is 0 Å². The summed E-state index contributed by atoms with van der Waals surface area (Å²) in [4.78, 5) is 11.2. The van der Waals surface area contributed by atoms with Crippen LogP contribution in [0.1, 0.15) is 6.42 Å². The van der Waals surface area contributed by atoms with Crippen molar-refractivity contribution in [2.24, 2.45) is 5.92 Å². The number of methoxy groups -OCH3 is 1. The molecule has 0 aliphatic carbocycles. The molecule has 0 amide bonds. The molecule has 0 bridgehead atoms. The van der Waals surface area contributed by atoms with Gasteiger partial charge < -0.3 is 10.5 Å². The van der Waals surface area contributed by atoms with Gasteiger partial charge >= 0.3 is 5.97 Å². The van der Waals surface area contributed by atoms with Crippen LogP contribution in [-0.2, 0) is 19.6 Å². The van der Waals surface area contributed by atoms with Gasteiger partial charge in [-0.1, -0.05) is 0 Å². The molecule has 0 radical (unpaired) electrons. The lowest BCUT2D eigenvalue weighted by molar-refractivity contribution is -0.144. The first-order valence-corrected chi connectivity index (χ1v) is 7.42. The van der Waals surface area contributed by atoms with E-state index in [1.165, 1.54) is 13.2 Å². The molecule has 1 aromatic carbocycles. The normalized spacial score (nSPS) is 20.0. The zero-order chi connectivity index (χ0) is 14.9. The smallest absolute Gasteiger partial charge is 0.310 e. The first-order valence-electron chi connectivity index (χ1n) is 5.98. The van der Waals surface area contributed by atoms with Crippen LogP contribution in [0.5, 0.6) is 0 Å². The maximum absolute atomic E-state index is 13.3. The minimum absolute atomic E-state index is 0.0332. The van der Waals surface area contributed by atoms with Crippen LogP contribution >= 0.6 is 0 Å². The predicted molar refractivity (Wildman–Crippen MR) is 69.7 cm³/mol. The molecule has 0 aromatic heterocycles. The van der Waals surface area contributed by atoms with Crippen molar-refractivity contribution in [3.63, 3.8) is 0 Å². The SMILES string of the molecule is COC(=O)C1CCN(S(=O)(=O)c2cc(N)cc(F)c2)C1. The Morgan fingerprint density at radius 1 is 1.45 bits per heavy atom. The molecule has 1 unspecified atom stereocenters. The van der Waals surface area contributed by atoms with E-state index in [-0.39, 0.29) is 23.7 Å². The molecule has 20 heavy (non-hydrogen) atoms. The van der Waals surface area contributed by atoms with Gasteiger partial charge in [-0.15, -0.1) is 0 Å². The molecule has 1 aliphatic heterocycles. The molecule has 2 N–H and O–H groups in total. The van der Waals surface area contributed by atoms with Gasteiger partial charge in [0.25, 0.3) is 0 Å². The highest BCUT2D eigenvalue weighted by molar-refractivity contribution is 7.89. The van der Waals surface area contributed by atoms with Gasteiger partial charge in [-0.25, -0.2) is 12.8 Å². The summed E-state index contributed by atoms with van der Waals surface area (Å²) in [5, 5.41) is 0. The summed E-state index contributed by atoms with van der Waals surface area (Å²) < 4.78 is 43.7. The number of rotatable bonds is 3. The van der Waals surface area contributed by atoms with Crippen LogP contribution in [-0.4, -0.2) is 38.9 Å². The van der Waals surface area contributed by atoms with E-state index >= 15 is 0 Å². The summed E-state index contributed by atoms with van der Waals surface area (Å²) in [6.45, 7) is 0.226. The van der Waals surface area contributed by atoms with Crippen molar-refractivity contribution in [2.75, 3.05) is 25.9 Å². The predicted octanol–water partition coefficient (Wildman–Crippen LogP) is 0.591. The first kappa shape index (κ1) is 14.7. The third kappa shape index (κ3) is 2.75. The third-order valence-electron chi connectivity index (χ3n) is 3.22. The molecule has 0 spiro atoms. The number of hydrogen-bond acceptors (Lipinski definition) is 5. The number of hydrogen-bond donors (Lipinski definition) is 1. The van der Waals surface area contributed by atoms with Gasteiger partial charge in [0, 0.05) is 18.8 Å². The summed E-state index contributed by atoms with van der Waals surface area (Å²) >= 11 is 0. The zero-order valence-corrected chi connectivity index (χ0v) is 11.7. The summed E-state index contributed by atoms with van der Waals surface area (Å²) in [6, 6.07) is 3.15. The largest absolute Gasteiger partial charge is 0.469 e. The maximum atomic E-state index is 13.3. The Labute approximate surface area is 116 Å². The lowest BCUT2D eigenvalue weighted by Crippen LogP contribution is -2.30. The molecule has 110 valence electrons. The summed E-state index contributed by atoms with van der Waals surface area (Å²) in [5.41, 5.74) is 5.49. The molecule has 1 heterocycles. The minimum atomic E-state index is -3.85.